The smallest absolute Gasteiger partial charge is 0.295 e. The number of hydrogen-bond donors (Lipinski definition) is 3. The fourth-order valence-electron chi connectivity index (χ4n) is 5.69. The Morgan fingerprint density at radius 1 is 0.977 bits per heavy atom. The highest BCUT2D eigenvalue weighted by atomic mass is 32.1. The second-order valence-electron chi connectivity index (χ2n) is 11.5. The fourth-order valence-corrected chi connectivity index (χ4v) is 6.85. The summed E-state index contributed by atoms with van der Waals surface area (Å²) >= 11 is 1.04. The van der Waals surface area contributed by atoms with E-state index in [9.17, 15) is 24.0 Å². The molecule has 0 fully saturated rings. The molecule has 3 heterocycles. The zero-order valence-electron chi connectivity index (χ0n) is 24.0. The Hall–Kier alpha value is -5.03. The Kier molecular flexibility index (Phi) is 6.77. The summed E-state index contributed by atoms with van der Waals surface area (Å²) in [4.78, 5) is 66.9. The highest BCUT2D eigenvalue weighted by Crippen LogP contribution is 2.44. The quantitative estimate of drug-likeness (QED) is 0.282. The largest absolute Gasteiger partial charge is 0.321 e. The number of benzene rings is 2. The summed E-state index contributed by atoms with van der Waals surface area (Å²) in [5, 5.41) is 8.45. The third-order valence-corrected chi connectivity index (χ3v) is 8.99. The van der Waals surface area contributed by atoms with Crippen LogP contribution in [0.25, 0.3) is 11.3 Å². The zero-order valence-corrected chi connectivity index (χ0v) is 24.8. The number of aromatic nitrogens is 2. The van der Waals surface area contributed by atoms with Crippen LogP contribution in [0.3, 0.4) is 0 Å². The van der Waals surface area contributed by atoms with Gasteiger partial charge < -0.3 is 16.0 Å². The van der Waals surface area contributed by atoms with Gasteiger partial charge in [-0.2, -0.15) is 0 Å². The van der Waals surface area contributed by atoms with Crippen LogP contribution < -0.4 is 21.5 Å². The molecule has 3 amide bonds. The van der Waals surface area contributed by atoms with Crippen molar-refractivity contribution in [2.75, 3.05) is 16.0 Å². The number of nitrogens with zero attached hydrogens (tertiary/aromatic N) is 2. The van der Waals surface area contributed by atoms with Gasteiger partial charge in [-0.1, -0.05) is 50.2 Å². The molecule has 1 aliphatic carbocycles. The van der Waals surface area contributed by atoms with Gasteiger partial charge in [-0.05, 0) is 42.5 Å². The van der Waals surface area contributed by atoms with Crippen molar-refractivity contribution in [1.82, 2.24) is 9.36 Å². The molecule has 218 valence electrons. The molecular formula is C32H29N5O5S. The van der Waals surface area contributed by atoms with Gasteiger partial charge in [-0.15, -0.1) is 11.3 Å². The first kappa shape index (κ1) is 28.1. The van der Waals surface area contributed by atoms with Crippen LogP contribution in [0.2, 0.25) is 0 Å². The van der Waals surface area contributed by atoms with Crippen molar-refractivity contribution < 1.29 is 19.2 Å². The van der Waals surface area contributed by atoms with E-state index in [-0.39, 0.29) is 27.6 Å². The van der Waals surface area contributed by atoms with Crippen molar-refractivity contribution in [3.63, 3.8) is 0 Å². The van der Waals surface area contributed by atoms with E-state index < -0.39 is 28.7 Å². The number of carbonyl (C=O) groups excluding carboxylic acids is 4. The number of thiophene rings is 1. The van der Waals surface area contributed by atoms with Gasteiger partial charge in [0.15, 0.2) is 5.78 Å². The first-order chi connectivity index (χ1) is 20.4. The Labute approximate surface area is 251 Å². The topological polar surface area (TPSA) is 131 Å². The van der Waals surface area contributed by atoms with Gasteiger partial charge >= 0.3 is 0 Å². The minimum atomic E-state index is -0.622. The average Bonchev–Trinajstić information content (AvgIpc) is 3.54. The molecule has 0 saturated heterocycles. The van der Waals surface area contributed by atoms with Crippen LogP contribution in [0.15, 0.2) is 65.5 Å². The summed E-state index contributed by atoms with van der Waals surface area (Å²) in [6.07, 6.45) is 1.92. The number of ketones is 1. The van der Waals surface area contributed by atoms with Gasteiger partial charge in [-0.25, -0.2) is 4.68 Å². The second-order valence-corrected chi connectivity index (χ2v) is 12.5. The van der Waals surface area contributed by atoms with E-state index in [1.807, 2.05) is 32.0 Å². The molecule has 0 bridgehead atoms. The van der Waals surface area contributed by atoms with Crippen LogP contribution in [0, 0.1) is 12.3 Å². The molecule has 2 aliphatic rings. The molecule has 4 aromatic rings. The molecule has 11 heteroatoms. The molecule has 0 saturated carbocycles. The van der Waals surface area contributed by atoms with Crippen molar-refractivity contribution in [3.8, 4) is 5.69 Å². The van der Waals surface area contributed by atoms with E-state index in [4.69, 9.17) is 0 Å². The Morgan fingerprint density at radius 2 is 1.67 bits per heavy atom. The van der Waals surface area contributed by atoms with Crippen molar-refractivity contribution in [1.29, 1.82) is 0 Å². The van der Waals surface area contributed by atoms with E-state index in [2.05, 4.69) is 16.0 Å². The lowest BCUT2D eigenvalue weighted by Crippen LogP contribution is -2.28. The maximum atomic E-state index is 14.0. The molecule has 2 aromatic heterocycles. The number of nitrogens with one attached hydrogen (secondary N) is 3. The molecule has 2 aromatic carbocycles. The molecule has 1 aliphatic heterocycles. The van der Waals surface area contributed by atoms with Gasteiger partial charge in [0.2, 0.25) is 5.91 Å². The predicted molar refractivity (Wildman–Crippen MR) is 166 cm³/mol. The van der Waals surface area contributed by atoms with Crippen molar-refractivity contribution >= 4 is 56.8 Å². The van der Waals surface area contributed by atoms with Gasteiger partial charge in [0.1, 0.15) is 10.7 Å². The highest BCUT2D eigenvalue weighted by Gasteiger charge is 2.38. The third-order valence-electron chi connectivity index (χ3n) is 7.80. The van der Waals surface area contributed by atoms with Gasteiger partial charge in [0, 0.05) is 30.8 Å². The molecule has 6 rings (SSSR count). The Bertz CT molecular complexity index is 1940. The maximum absolute atomic E-state index is 14.0. The van der Waals surface area contributed by atoms with Crippen LogP contribution in [0.5, 0.6) is 0 Å². The van der Waals surface area contributed by atoms with E-state index in [0.717, 1.165) is 11.3 Å². The van der Waals surface area contributed by atoms with Crippen molar-refractivity contribution in [3.05, 3.63) is 98.3 Å². The summed E-state index contributed by atoms with van der Waals surface area (Å²) in [7, 11) is 1.73. The lowest BCUT2D eigenvalue weighted by molar-refractivity contribution is -0.113. The summed E-state index contributed by atoms with van der Waals surface area (Å²) in [5.41, 5.74) is 2.50. The van der Waals surface area contributed by atoms with E-state index in [0.29, 0.717) is 45.9 Å². The van der Waals surface area contributed by atoms with Crippen LogP contribution in [0.4, 0.5) is 16.4 Å². The van der Waals surface area contributed by atoms with Crippen molar-refractivity contribution in [2.45, 2.75) is 33.6 Å². The van der Waals surface area contributed by atoms with Crippen LogP contribution in [-0.2, 0) is 23.1 Å². The van der Waals surface area contributed by atoms with Gasteiger partial charge in [0.25, 0.3) is 17.4 Å². The third kappa shape index (κ3) is 4.91. The Morgan fingerprint density at radius 3 is 2.42 bits per heavy atom. The minimum Gasteiger partial charge on any atom is -0.321 e. The number of Topliss-reactive ketones (excluding diaryl/α,β-unsaturated/α-hetero) is 1. The number of rotatable bonds is 5. The first-order valence-corrected chi connectivity index (χ1v) is 14.5. The first-order valence-electron chi connectivity index (χ1n) is 13.7. The van der Waals surface area contributed by atoms with Crippen LogP contribution in [0.1, 0.15) is 57.1 Å². The average molecular weight is 596 g/mol. The molecular weight excluding hydrogens is 566 g/mol. The Balaban J connectivity index is 1.39. The minimum absolute atomic E-state index is 0.0938. The lowest BCUT2D eigenvalue weighted by atomic mass is 9.75. The zero-order chi connectivity index (χ0) is 30.6. The van der Waals surface area contributed by atoms with Crippen LogP contribution in [-0.4, -0.2) is 32.9 Å². The monoisotopic (exact) mass is 595 g/mol. The molecule has 0 atom stereocenters. The standard InChI is InChI=1S/C32H29N5O5S/c1-17-26(31(42)37(36(17)4)18-10-6-5-7-11-18)35-29(41)25-21-15-32(2,3)16-23(38)27(21)43-30(25)34-24(39)14-20-19-12-8-9-13-22(19)33-28(20)40/h5-14H,15-16H2,1-4H3,(H,33,40)(H,34,39)(H,35,41)/b20-14-. The molecule has 0 unspecified atom stereocenters. The number of carbonyl (C=O) groups is 4. The molecule has 3 N–H and O–H groups in total. The number of hydrogen-bond acceptors (Lipinski definition) is 6. The van der Waals surface area contributed by atoms with Crippen molar-refractivity contribution in [2.24, 2.45) is 12.5 Å². The predicted octanol–water partition coefficient (Wildman–Crippen LogP) is 4.93. The fraction of sp³-hybridized carbons (Fsp3) is 0.219. The summed E-state index contributed by atoms with van der Waals surface area (Å²) in [6, 6.07) is 16.1. The normalized spacial score (nSPS) is 16.0. The van der Waals surface area contributed by atoms with E-state index in [1.54, 1.807) is 55.1 Å². The van der Waals surface area contributed by atoms with E-state index in [1.165, 1.54) is 10.8 Å². The van der Waals surface area contributed by atoms with Gasteiger partial charge in [-0.3, -0.25) is 28.7 Å². The van der Waals surface area contributed by atoms with E-state index >= 15 is 0 Å². The summed E-state index contributed by atoms with van der Waals surface area (Å²) in [6.45, 7) is 5.63. The van der Waals surface area contributed by atoms with Crippen LogP contribution >= 0.6 is 11.3 Å². The lowest BCUT2D eigenvalue weighted by Gasteiger charge is -2.28. The second kappa shape index (κ2) is 10.4. The number of anilines is 3. The highest BCUT2D eigenvalue weighted by molar-refractivity contribution is 7.19. The number of amides is 3. The number of para-hydroxylation sites is 2. The molecule has 0 radical (unpaired) electrons. The molecule has 0 spiro atoms. The maximum Gasteiger partial charge on any atom is 0.295 e. The van der Waals surface area contributed by atoms with Gasteiger partial charge in [0.05, 0.1) is 27.4 Å². The summed E-state index contributed by atoms with van der Waals surface area (Å²) in [5.74, 6) is -1.76. The molecule has 43 heavy (non-hydrogen) atoms. The number of fused-ring (bicyclic) bond motifs is 2. The summed E-state index contributed by atoms with van der Waals surface area (Å²) < 4.78 is 3.11. The molecule has 10 nitrogen and oxygen atoms in total. The SMILES string of the molecule is Cc1c(NC(=O)c2c(NC(=O)/C=C3\C(=O)Nc4ccccc43)sc3c2CC(C)(C)CC3=O)c(=O)n(-c2ccccc2)n1C.